The van der Waals surface area contributed by atoms with E-state index in [1.54, 1.807) is 27.7 Å². The molecule has 118 valence electrons. The van der Waals surface area contributed by atoms with Crippen LogP contribution in [0.25, 0.3) is 0 Å². The Labute approximate surface area is 124 Å². The maximum atomic E-state index is 12.7. The third-order valence-electron chi connectivity index (χ3n) is 5.88. The number of carboxylic acid groups (broad SMARTS) is 1. The van der Waals surface area contributed by atoms with E-state index in [9.17, 15) is 19.5 Å². The Kier molecular flexibility index (Phi) is 3.54. The van der Waals surface area contributed by atoms with Crippen LogP contribution in [-0.4, -0.2) is 35.5 Å². The minimum absolute atomic E-state index is 0.224. The molecule has 6 nitrogen and oxygen atoms in total. The van der Waals surface area contributed by atoms with Gasteiger partial charge in [-0.3, -0.25) is 14.4 Å². The number of hydrogen-bond acceptors (Lipinski definition) is 3. The van der Waals surface area contributed by atoms with Crippen molar-refractivity contribution in [2.24, 2.45) is 16.2 Å². The summed E-state index contributed by atoms with van der Waals surface area (Å²) in [7, 11) is 0. The number of hydrogen-bond donors (Lipinski definition) is 3. The lowest BCUT2D eigenvalue weighted by Gasteiger charge is -2.21. The van der Waals surface area contributed by atoms with Crippen LogP contribution in [-0.2, 0) is 14.4 Å². The fourth-order valence-corrected chi connectivity index (χ4v) is 3.86. The quantitative estimate of drug-likeness (QED) is 0.674. The van der Waals surface area contributed by atoms with Gasteiger partial charge in [-0.15, -0.1) is 0 Å². The molecule has 2 rings (SSSR count). The number of nitrogens with one attached hydrogen (secondary N) is 2. The molecule has 0 aromatic rings. The average Bonchev–Trinajstić information content (AvgIpc) is 2.82. The molecule has 1 unspecified atom stereocenters. The van der Waals surface area contributed by atoms with Crippen LogP contribution in [0, 0.1) is 16.2 Å². The van der Waals surface area contributed by atoms with E-state index in [-0.39, 0.29) is 5.91 Å². The van der Waals surface area contributed by atoms with E-state index in [0.29, 0.717) is 13.0 Å². The van der Waals surface area contributed by atoms with Gasteiger partial charge in [0.2, 0.25) is 11.8 Å². The lowest BCUT2D eigenvalue weighted by molar-refractivity contribution is -0.153. The number of carbonyl (C=O) groups excluding carboxylic acids is 2. The third kappa shape index (κ3) is 1.88. The zero-order valence-corrected chi connectivity index (χ0v) is 13.1. The van der Waals surface area contributed by atoms with Crippen molar-refractivity contribution in [3.05, 3.63) is 0 Å². The summed E-state index contributed by atoms with van der Waals surface area (Å²) in [6.07, 6.45) is 2.25. The molecule has 2 fully saturated rings. The first-order valence-electron chi connectivity index (χ1n) is 7.43. The molecular weight excluding hydrogens is 272 g/mol. The summed E-state index contributed by atoms with van der Waals surface area (Å²) in [5.74, 6) is -1.89. The van der Waals surface area contributed by atoms with Crippen LogP contribution in [0.3, 0.4) is 0 Å². The van der Waals surface area contributed by atoms with Crippen molar-refractivity contribution in [2.45, 2.75) is 53.0 Å². The number of rotatable bonds is 3. The molecule has 1 aliphatic carbocycles. The monoisotopic (exact) mass is 296 g/mol. The van der Waals surface area contributed by atoms with Gasteiger partial charge >= 0.3 is 5.97 Å². The highest BCUT2D eigenvalue weighted by Gasteiger charge is 2.85. The Bertz CT molecular complexity index is 482. The van der Waals surface area contributed by atoms with Gasteiger partial charge in [0, 0.05) is 6.54 Å². The van der Waals surface area contributed by atoms with Gasteiger partial charge in [-0.05, 0) is 30.1 Å². The average molecular weight is 296 g/mol. The normalized spacial score (nSPS) is 29.0. The molecule has 2 amide bonds. The van der Waals surface area contributed by atoms with Crippen LogP contribution in [0.1, 0.15) is 47.0 Å². The Morgan fingerprint density at radius 3 is 2.24 bits per heavy atom. The number of amides is 2. The second-order valence-corrected chi connectivity index (χ2v) is 7.12. The van der Waals surface area contributed by atoms with E-state index < -0.39 is 34.2 Å². The number of carbonyl (C=O) groups is 3. The highest BCUT2D eigenvalue weighted by molar-refractivity contribution is 6.09. The zero-order valence-electron chi connectivity index (χ0n) is 13.1. The minimum atomic E-state index is -1.48. The lowest BCUT2D eigenvalue weighted by Crippen LogP contribution is -2.51. The Morgan fingerprint density at radius 2 is 1.76 bits per heavy atom. The maximum Gasteiger partial charge on any atom is 0.320 e. The molecule has 1 saturated heterocycles. The molecule has 1 saturated carbocycles. The summed E-state index contributed by atoms with van der Waals surface area (Å²) in [5, 5.41) is 15.0. The van der Waals surface area contributed by atoms with E-state index in [1.165, 1.54) is 0 Å². The molecule has 0 bridgehead atoms. The molecule has 0 aromatic carbocycles. The van der Waals surface area contributed by atoms with Gasteiger partial charge in [-0.1, -0.05) is 27.7 Å². The molecule has 2 aliphatic rings. The molecule has 1 heterocycles. The smallest absolute Gasteiger partial charge is 0.320 e. The van der Waals surface area contributed by atoms with Crippen molar-refractivity contribution in [3.63, 3.8) is 0 Å². The van der Waals surface area contributed by atoms with Crippen molar-refractivity contribution < 1.29 is 19.5 Å². The summed E-state index contributed by atoms with van der Waals surface area (Å²) >= 11 is 0. The first-order chi connectivity index (χ1) is 9.60. The SMILES string of the molecule is CC1(C)C(C)(C)C1(C(=O)O)C(=O)NC1CCCCNC1=O. The fraction of sp³-hybridized carbons (Fsp3) is 0.800. The summed E-state index contributed by atoms with van der Waals surface area (Å²) in [6, 6.07) is -0.636. The maximum absolute atomic E-state index is 12.7. The zero-order chi connectivity index (χ0) is 16.1. The van der Waals surface area contributed by atoms with Crippen molar-refractivity contribution in [1.29, 1.82) is 0 Å². The van der Waals surface area contributed by atoms with Gasteiger partial charge in [0.1, 0.15) is 6.04 Å². The minimum Gasteiger partial charge on any atom is -0.480 e. The molecule has 21 heavy (non-hydrogen) atoms. The first kappa shape index (κ1) is 15.8. The molecule has 0 aromatic heterocycles. The van der Waals surface area contributed by atoms with Crippen LogP contribution in [0.5, 0.6) is 0 Å². The van der Waals surface area contributed by atoms with Gasteiger partial charge < -0.3 is 15.7 Å². The Morgan fingerprint density at radius 1 is 1.19 bits per heavy atom. The van der Waals surface area contributed by atoms with E-state index in [0.717, 1.165) is 12.8 Å². The number of aliphatic carboxylic acids is 1. The second kappa shape index (κ2) is 4.71. The Balaban J connectivity index is 2.23. The molecule has 0 radical (unpaired) electrons. The summed E-state index contributed by atoms with van der Waals surface area (Å²) in [4.78, 5) is 36.4. The van der Waals surface area contributed by atoms with Crippen molar-refractivity contribution >= 4 is 17.8 Å². The van der Waals surface area contributed by atoms with Gasteiger partial charge in [0.25, 0.3) is 0 Å². The second-order valence-electron chi connectivity index (χ2n) is 7.12. The molecule has 6 heteroatoms. The Hall–Kier alpha value is -1.59. The predicted octanol–water partition coefficient (Wildman–Crippen LogP) is 0.908. The van der Waals surface area contributed by atoms with Gasteiger partial charge in [0.05, 0.1) is 0 Å². The van der Waals surface area contributed by atoms with E-state index in [1.807, 2.05) is 0 Å². The van der Waals surface area contributed by atoms with Crippen LogP contribution < -0.4 is 10.6 Å². The van der Waals surface area contributed by atoms with Gasteiger partial charge in [-0.2, -0.15) is 0 Å². The predicted molar refractivity (Wildman–Crippen MR) is 76.4 cm³/mol. The van der Waals surface area contributed by atoms with Gasteiger partial charge in [0.15, 0.2) is 5.41 Å². The van der Waals surface area contributed by atoms with E-state index in [4.69, 9.17) is 0 Å². The standard InChI is InChI=1S/C15H24N2O4/c1-13(2)14(3,4)15(13,12(20)21)11(19)17-9-7-5-6-8-16-10(9)18/h9H,5-8H2,1-4H3,(H,16,18)(H,17,19)(H,20,21). The summed E-state index contributed by atoms with van der Waals surface area (Å²) < 4.78 is 0. The molecular formula is C15H24N2O4. The van der Waals surface area contributed by atoms with Crippen LogP contribution >= 0.6 is 0 Å². The fourth-order valence-electron chi connectivity index (χ4n) is 3.86. The van der Waals surface area contributed by atoms with Crippen LogP contribution in [0.2, 0.25) is 0 Å². The van der Waals surface area contributed by atoms with Crippen molar-refractivity contribution in [1.82, 2.24) is 10.6 Å². The van der Waals surface area contributed by atoms with Crippen molar-refractivity contribution in [3.8, 4) is 0 Å². The topological polar surface area (TPSA) is 95.5 Å². The third-order valence-corrected chi connectivity index (χ3v) is 5.88. The van der Waals surface area contributed by atoms with Crippen molar-refractivity contribution in [2.75, 3.05) is 6.54 Å². The molecule has 3 N–H and O–H groups in total. The lowest BCUT2D eigenvalue weighted by atomic mass is 9.93. The highest BCUT2D eigenvalue weighted by atomic mass is 16.4. The van der Waals surface area contributed by atoms with Crippen LogP contribution in [0.4, 0.5) is 0 Å². The number of carboxylic acids is 1. The molecule has 1 atom stereocenters. The molecule has 1 aliphatic heterocycles. The summed E-state index contributed by atoms with van der Waals surface area (Å²) in [5.41, 5.74) is -2.79. The van der Waals surface area contributed by atoms with Gasteiger partial charge in [-0.25, -0.2) is 0 Å². The van der Waals surface area contributed by atoms with E-state index in [2.05, 4.69) is 10.6 Å². The van der Waals surface area contributed by atoms with E-state index >= 15 is 0 Å². The summed E-state index contributed by atoms with van der Waals surface area (Å²) in [6.45, 7) is 7.75. The van der Waals surface area contributed by atoms with Crippen LogP contribution in [0.15, 0.2) is 0 Å². The highest BCUT2D eigenvalue weighted by Crippen LogP contribution is 2.77. The largest absolute Gasteiger partial charge is 0.480 e. The first-order valence-corrected chi connectivity index (χ1v) is 7.43. The molecule has 0 spiro atoms.